The van der Waals surface area contributed by atoms with Gasteiger partial charge in [0.25, 0.3) is 5.91 Å². The van der Waals surface area contributed by atoms with Gasteiger partial charge >= 0.3 is 0 Å². The quantitative estimate of drug-likeness (QED) is 0.681. The number of hydrogen-bond acceptors (Lipinski definition) is 4. The van der Waals surface area contributed by atoms with Gasteiger partial charge < -0.3 is 11.1 Å². The minimum Gasteiger partial charge on any atom is -0.352 e. The van der Waals surface area contributed by atoms with E-state index in [9.17, 15) is 4.79 Å². The van der Waals surface area contributed by atoms with Gasteiger partial charge in [-0.15, -0.1) is 0 Å². The number of pyridine rings is 1. The Morgan fingerprint density at radius 1 is 1.37 bits per heavy atom. The van der Waals surface area contributed by atoms with Crippen LogP contribution in [0.15, 0.2) is 18.3 Å². The largest absolute Gasteiger partial charge is 0.352 e. The molecule has 106 valence electrons. The Morgan fingerprint density at radius 2 is 2.16 bits per heavy atom. The number of hydrogen-bond donors (Lipinski definition) is 2. The third kappa shape index (κ3) is 6.59. The predicted octanol–water partition coefficient (Wildman–Crippen LogP) is 2.19. The highest BCUT2D eigenvalue weighted by atomic mass is 32.2. The van der Waals surface area contributed by atoms with Crippen LogP contribution in [0.5, 0.6) is 0 Å². The Balaban J connectivity index is 2.20. The lowest BCUT2D eigenvalue weighted by molar-refractivity contribution is 0.0952. The lowest BCUT2D eigenvalue weighted by Crippen LogP contribution is -2.24. The van der Waals surface area contributed by atoms with E-state index in [0.717, 1.165) is 18.7 Å². The van der Waals surface area contributed by atoms with Crippen molar-refractivity contribution >= 4 is 17.7 Å². The summed E-state index contributed by atoms with van der Waals surface area (Å²) < 4.78 is 0. The summed E-state index contributed by atoms with van der Waals surface area (Å²) in [5.74, 6) is 1.19. The van der Waals surface area contributed by atoms with Gasteiger partial charge in [-0.1, -0.05) is 12.8 Å². The molecule has 1 heterocycles. The molecule has 1 amide bonds. The van der Waals surface area contributed by atoms with E-state index >= 15 is 0 Å². The minimum absolute atomic E-state index is 0.0405. The highest BCUT2D eigenvalue weighted by Crippen LogP contribution is 2.05. The Morgan fingerprint density at radius 3 is 2.89 bits per heavy atom. The third-order valence-electron chi connectivity index (χ3n) is 2.85. The van der Waals surface area contributed by atoms with Gasteiger partial charge in [-0.05, 0) is 37.0 Å². The van der Waals surface area contributed by atoms with Crippen molar-refractivity contribution in [1.29, 1.82) is 0 Å². The normalized spacial score (nSPS) is 10.4. The molecule has 0 fully saturated rings. The molecule has 0 aliphatic heterocycles. The van der Waals surface area contributed by atoms with Crippen LogP contribution >= 0.6 is 11.8 Å². The number of aromatic nitrogens is 1. The van der Waals surface area contributed by atoms with Gasteiger partial charge in [0.1, 0.15) is 0 Å². The van der Waals surface area contributed by atoms with Crippen LogP contribution in [-0.4, -0.2) is 29.4 Å². The second-order valence-corrected chi connectivity index (χ2v) is 5.39. The number of nitrogens with two attached hydrogens (primary N) is 1. The van der Waals surface area contributed by atoms with E-state index in [1.165, 1.54) is 25.0 Å². The summed E-state index contributed by atoms with van der Waals surface area (Å²) in [4.78, 5) is 15.9. The first-order valence-corrected chi connectivity index (χ1v) is 8.09. The lowest BCUT2D eigenvalue weighted by atomic mass is 10.2. The zero-order valence-corrected chi connectivity index (χ0v) is 12.3. The Hall–Kier alpha value is -1.07. The maximum Gasteiger partial charge on any atom is 0.251 e. The molecular weight excluding hydrogens is 258 g/mol. The van der Waals surface area contributed by atoms with Crippen molar-refractivity contribution in [3.05, 3.63) is 29.6 Å². The maximum atomic E-state index is 11.9. The number of amides is 1. The summed E-state index contributed by atoms with van der Waals surface area (Å²) in [6.45, 7) is 1.09. The molecule has 0 aliphatic rings. The van der Waals surface area contributed by atoms with E-state index < -0.39 is 0 Å². The molecule has 1 rings (SSSR count). The predicted molar refractivity (Wildman–Crippen MR) is 81.3 cm³/mol. The minimum atomic E-state index is -0.0405. The average Bonchev–Trinajstić information content (AvgIpc) is 2.46. The molecule has 0 saturated heterocycles. The molecule has 0 radical (unpaired) electrons. The van der Waals surface area contributed by atoms with Crippen LogP contribution in [0.3, 0.4) is 0 Å². The molecule has 19 heavy (non-hydrogen) atoms. The van der Waals surface area contributed by atoms with Crippen molar-refractivity contribution in [1.82, 2.24) is 10.3 Å². The van der Waals surface area contributed by atoms with Crippen molar-refractivity contribution < 1.29 is 4.79 Å². The van der Waals surface area contributed by atoms with Crippen molar-refractivity contribution in [2.75, 3.05) is 18.6 Å². The van der Waals surface area contributed by atoms with Crippen molar-refractivity contribution in [3.63, 3.8) is 0 Å². The van der Waals surface area contributed by atoms with Crippen molar-refractivity contribution in [2.45, 2.75) is 32.2 Å². The van der Waals surface area contributed by atoms with Gasteiger partial charge in [0.15, 0.2) is 0 Å². The van der Waals surface area contributed by atoms with Crippen LogP contribution in [-0.2, 0) is 6.54 Å². The molecule has 0 saturated carbocycles. The Kier molecular flexibility index (Phi) is 8.25. The van der Waals surface area contributed by atoms with Gasteiger partial charge in [0, 0.05) is 24.8 Å². The van der Waals surface area contributed by atoms with Gasteiger partial charge in [0.05, 0.1) is 5.69 Å². The van der Waals surface area contributed by atoms with Crippen LogP contribution in [0.4, 0.5) is 0 Å². The average molecular weight is 281 g/mol. The second-order valence-electron chi connectivity index (χ2n) is 4.40. The van der Waals surface area contributed by atoms with Crippen LogP contribution in [0.25, 0.3) is 0 Å². The maximum absolute atomic E-state index is 11.9. The SMILES string of the molecule is CSCCCCCCNC(=O)c1ccnc(CN)c1. The molecular formula is C14H23N3OS. The highest BCUT2D eigenvalue weighted by molar-refractivity contribution is 7.98. The van der Waals surface area contributed by atoms with Crippen LogP contribution in [0.2, 0.25) is 0 Å². The first-order valence-electron chi connectivity index (χ1n) is 6.70. The molecule has 1 aromatic heterocycles. The molecule has 0 bridgehead atoms. The summed E-state index contributed by atoms with van der Waals surface area (Å²) in [5, 5.41) is 2.93. The summed E-state index contributed by atoms with van der Waals surface area (Å²) in [6, 6.07) is 3.46. The molecule has 5 heteroatoms. The Bertz CT molecular complexity index is 385. The van der Waals surface area contributed by atoms with E-state index in [2.05, 4.69) is 16.6 Å². The van der Waals surface area contributed by atoms with E-state index in [0.29, 0.717) is 12.1 Å². The molecule has 0 spiro atoms. The zero-order chi connectivity index (χ0) is 13.9. The molecule has 0 unspecified atom stereocenters. The van der Waals surface area contributed by atoms with E-state index in [-0.39, 0.29) is 5.91 Å². The summed E-state index contributed by atoms with van der Waals surface area (Å²) in [6.07, 6.45) is 8.47. The van der Waals surface area contributed by atoms with Gasteiger partial charge in [-0.3, -0.25) is 9.78 Å². The van der Waals surface area contributed by atoms with E-state index in [1.54, 1.807) is 18.3 Å². The highest BCUT2D eigenvalue weighted by Gasteiger charge is 2.05. The lowest BCUT2D eigenvalue weighted by Gasteiger charge is -2.06. The van der Waals surface area contributed by atoms with Gasteiger partial charge in [-0.25, -0.2) is 0 Å². The number of thioether (sulfide) groups is 1. The fraction of sp³-hybridized carbons (Fsp3) is 0.571. The molecule has 0 aliphatic carbocycles. The summed E-state index contributed by atoms with van der Waals surface area (Å²) in [7, 11) is 0. The smallest absolute Gasteiger partial charge is 0.251 e. The first kappa shape index (κ1) is 16.0. The van der Waals surface area contributed by atoms with Crippen LogP contribution in [0.1, 0.15) is 41.7 Å². The van der Waals surface area contributed by atoms with E-state index in [1.807, 2.05) is 11.8 Å². The molecule has 1 aromatic rings. The number of carbonyl (C=O) groups is 1. The number of rotatable bonds is 9. The molecule has 0 atom stereocenters. The van der Waals surface area contributed by atoms with Crippen molar-refractivity contribution in [2.24, 2.45) is 5.73 Å². The van der Waals surface area contributed by atoms with Gasteiger partial charge in [-0.2, -0.15) is 11.8 Å². The monoisotopic (exact) mass is 281 g/mol. The van der Waals surface area contributed by atoms with Crippen LogP contribution in [0, 0.1) is 0 Å². The molecule has 0 aromatic carbocycles. The summed E-state index contributed by atoms with van der Waals surface area (Å²) in [5.41, 5.74) is 6.88. The topological polar surface area (TPSA) is 68.0 Å². The van der Waals surface area contributed by atoms with Crippen molar-refractivity contribution in [3.8, 4) is 0 Å². The fourth-order valence-corrected chi connectivity index (χ4v) is 2.25. The molecule has 4 nitrogen and oxygen atoms in total. The third-order valence-corrected chi connectivity index (χ3v) is 3.55. The number of nitrogens with zero attached hydrogens (tertiary/aromatic N) is 1. The standard InChI is InChI=1S/C14H23N3OS/c1-19-9-5-3-2-4-7-17-14(18)12-6-8-16-13(10-12)11-15/h6,8,10H,2-5,7,9,11,15H2,1H3,(H,17,18). The Labute approximate surface area is 119 Å². The summed E-state index contributed by atoms with van der Waals surface area (Å²) >= 11 is 1.89. The first-order chi connectivity index (χ1) is 9.27. The van der Waals surface area contributed by atoms with Crippen LogP contribution < -0.4 is 11.1 Å². The fourth-order valence-electron chi connectivity index (χ4n) is 1.76. The number of unbranched alkanes of at least 4 members (excludes halogenated alkanes) is 3. The molecule has 3 N–H and O–H groups in total. The van der Waals surface area contributed by atoms with E-state index in [4.69, 9.17) is 5.73 Å². The number of nitrogens with one attached hydrogen (secondary N) is 1. The zero-order valence-electron chi connectivity index (χ0n) is 11.5. The van der Waals surface area contributed by atoms with Gasteiger partial charge in [0.2, 0.25) is 0 Å². The number of carbonyl (C=O) groups excluding carboxylic acids is 1. The second kappa shape index (κ2) is 9.81.